The standard InChI is InChI=1S/C21H31NO6/c1-8-16(17(23)26-14-15-12-10-9-11-13-15)22(18(24)27-20(2,3)4)19(25)28-21(5,6)7/h9-13,16H,8,14H2,1-7H3/t16-/m0/s1. The SMILES string of the molecule is CC[C@@H](C(=O)OCc1ccccc1)N(C(=O)OC(C)(C)C)C(=O)OC(C)(C)C. The molecule has 7 nitrogen and oxygen atoms in total. The molecule has 0 bridgehead atoms. The molecule has 28 heavy (non-hydrogen) atoms. The van der Waals surface area contributed by atoms with Crippen LogP contribution in [-0.2, 0) is 25.6 Å². The van der Waals surface area contributed by atoms with Crippen molar-refractivity contribution in [3.8, 4) is 0 Å². The van der Waals surface area contributed by atoms with Crippen molar-refractivity contribution in [2.24, 2.45) is 0 Å². The van der Waals surface area contributed by atoms with Gasteiger partial charge in [0, 0.05) is 0 Å². The number of amides is 2. The van der Waals surface area contributed by atoms with Crippen LogP contribution in [-0.4, -0.2) is 40.3 Å². The Morgan fingerprint density at radius 2 is 1.36 bits per heavy atom. The van der Waals surface area contributed by atoms with Crippen molar-refractivity contribution in [3.63, 3.8) is 0 Å². The Morgan fingerprint density at radius 1 is 0.893 bits per heavy atom. The van der Waals surface area contributed by atoms with Gasteiger partial charge in [-0.25, -0.2) is 14.4 Å². The Bertz CT molecular complexity index is 644. The normalized spacial score (nSPS) is 12.7. The van der Waals surface area contributed by atoms with Crippen LogP contribution in [0.1, 0.15) is 60.5 Å². The number of esters is 1. The van der Waals surface area contributed by atoms with Crippen molar-refractivity contribution in [1.82, 2.24) is 4.90 Å². The quantitative estimate of drug-likeness (QED) is 0.533. The monoisotopic (exact) mass is 393 g/mol. The first-order valence-electron chi connectivity index (χ1n) is 9.30. The number of carbonyl (C=O) groups is 3. The molecule has 1 rings (SSSR count). The van der Waals surface area contributed by atoms with E-state index in [4.69, 9.17) is 14.2 Å². The lowest BCUT2D eigenvalue weighted by atomic mass is 10.2. The van der Waals surface area contributed by atoms with Gasteiger partial charge in [-0.1, -0.05) is 37.3 Å². The molecule has 0 aliphatic heterocycles. The van der Waals surface area contributed by atoms with Crippen molar-refractivity contribution in [2.45, 2.75) is 78.7 Å². The molecule has 0 heterocycles. The number of hydrogen-bond donors (Lipinski definition) is 0. The van der Waals surface area contributed by atoms with Gasteiger partial charge in [-0.05, 0) is 53.5 Å². The Morgan fingerprint density at radius 3 is 1.75 bits per heavy atom. The van der Waals surface area contributed by atoms with E-state index in [2.05, 4.69) is 0 Å². The number of hydrogen-bond acceptors (Lipinski definition) is 6. The summed E-state index contributed by atoms with van der Waals surface area (Å²) in [5.41, 5.74) is -0.889. The molecule has 1 aromatic rings. The van der Waals surface area contributed by atoms with E-state index in [0.29, 0.717) is 4.90 Å². The molecular formula is C21H31NO6. The van der Waals surface area contributed by atoms with Crippen molar-refractivity contribution in [3.05, 3.63) is 35.9 Å². The van der Waals surface area contributed by atoms with Crippen LogP contribution in [0.15, 0.2) is 30.3 Å². The molecule has 0 fully saturated rings. The van der Waals surface area contributed by atoms with Gasteiger partial charge in [0.1, 0.15) is 23.9 Å². The largest absolute Gasteiger partial charge is 0.459 e. The molecule has 0 spiro atoms. The van der Waals surface area contributed by atoms with Crippen molar-refractivity contribution in [2.75, 3.05) is 0 Å². The molecule has 0 radical (unpaired) electrons. The van der Waals surface area contributed by atoms with Gasteiger partial charge in [-0.3, -0.25) is 0 Å². The third-order valence-electron chi connectivity index (χ3n) is 3.37. The zero-order chi connectivity index (χ0) is 21.5. The van der Waals surface area contributed by atoms with Crippen LogP contribution in [0.3, 0.4) is 0 Å². The summed E-state index contributed by atoms with van der Waals surface area (Å²) in [6.45, 7) is 11.8. The van der Waals surface area contributed by atoms with Crippen molar-refractivity contribution in [1.29, 1.82) is 0 Å². The summed E-state index contributed by atoms with van der Waals surface area (Å²) < 4.78 is 15.9. The fraction of sp³-hybridized carbons (Fsp3) is 0.571. The molecule has 0 saturated carbocycles. The smallest absolute Gasteiger partial charge is 0.420 e. The van der Waals surface area contributed by atoms with E-state index in [9.17, 15) is 14.4 Å². The van der Waals surface area contributed by atoms with E-state index >= 15 is 0 Å². The zero-order valence-corrected chi connectivity index (χ0v) is 17.8. The molecule has 0 unspecified atom stereocenters. The summed E-state index contributed by atoms with van der Waals surface area (Å²) in [5.74, 6) is -0.705. The fourth-order valence-electron chi connectivity index (χ4n) is 2.23. The number of ether oxygens (including phenoxy) is 3. The van der Waals surface area contributed by atoms with E-state index in [1.54, 1.807) is 48.5 Å². The van der Waals surface area contributed by atoms with Crippen molar-refractivity contribution < 1.29 is 28.6 Å². The second-order valence-electron chi connectivity index (χ2n) is 8.35. The zero-order valence-electron chi connectivity index (χ0n) is 17.8. The molecule has 7 heteroatoms. The van der Waals surface area contributed by atoms with E-state index in [-0.39, 0.29) is 13.0 Å². The van der Waals surface area contributed by atoms with Crippen LogP contribution in [0.25, 0.3) is 0 Å². The van der Waals surface area contributed by atoms with Crippen LogP contribution in [0.4, 0.5) is 9.59 Å². The Hall–Kier alpha value is -2.57. The number of benzene rings is 1. The van der Waals surface area contributed by atoms with Crippen LogP contribution >= 0.6 is 0 Å². The van der Waals surface area contributed by atoms with E-state index in [1.165, 1.54) is 0 Å². The second-order valence-corrected chi connectivity index (χ2v) is 8.35. The first-order chi connectivity index (χ1) is 12.8. The van der Waals surface area contributed by atoms with Gasteiger partial charge >= 0.3 is 18.2 Å². The van der Waals surface area contributed by atoms with Crippen molar-refractivity contribution >= 4 is 18.2 Å². The molecule has 1 atom stereocenters. The summed E-state index contributed by atoms with van der Waals surface area (Å²) in [6, 6.07) is 7.98. The first kappa shape index (κ1) is 23.5. The number of rotatable bonds is 5. The average Bonchev–Trinajstić information content (AvgIpc) is 2.54. The maximum absolute atomic E-state index is 12.7. The lowest BCUT2D eigenvalue weighted by Crippen LogP contribution is -2.52. The minimum Gasteiger partial charge on any atom is -0.459 e. The molecule has 0 aromatic heterocycles. The average molecular weight is 393 g/mol. The minimum absolute atomic E-state index is 0.0344. The highest BCUT2D eigenvalue weighted by Gasteiger charge is 2.40. The third kappa shape index (κ3) is 7.98. The van der Waals surface area contributed by atoms with Gasteiger partial charge in [0.2, 0.25) is 0 Å². The summed E-state index contributed by atoms with van der Waals surface area (Å²) >= 11 is 0. The fourth-order valence-corrected chi connectivity index (χ4v) is 2.23. The maximum Gasteiger partial charge on any atom is 0.420 e. The second kappa shape index (κ2) is 9.57. The van der Waals surface area contributed by atoms with Gasteiger partial charge in [-0.2, -0.15) is 4.90 Å². The molecule has 156 valence electrons. The molecule has 0 saturated heterocycles. The van der Waals surface area contributed by atoms with E-state index in [1.807, 2.05) is 30.3 Å². The van der Waals surface area contributed by atoms with Crippen LogP contribution in [0.2, 0.25) is 0 Å². The minimum atomic E-state index is -1.16. The molecule has 2 amide bonds. The summed E-state index contributed by atoms with van der Waals surface area (Å²) in [5, 5.41) is 0. The Balaban J connectivity index is 3.03. The van der Waals surface area contributed by atoms with Gasteiger partial charge < -0.3 is 14.2 Å². The van der Waals surface area contributed by atoms with Gasteiger partial charge in [0.25, 0.3) is 0 Å². The molecule has 0 N–H and O–H groups in total. The first-order valence-corrected chi connectivity index (χ1v) is 9.30. The summed E-state index contributed by atoms with van der Waals surface area (Å²) in [4.78, 5) is 38.7. The molecule has 0 aliphatic rings. The van der Waals surface area contributed by atoms with Crippen LogP contribution in [0, 0.1) is 0 Å². The highest BCUT2D eigenvalue weighted by molar-refractivity contribution is 5.94. The molecular weight excluding hydrogens is 362 g/mol. The van der Waals surface area contributed by atoms with E-state index < -0.39 is 35.4 Å². The summed E-state index contributed by atoms with van der Waals surface area (Å²) in [7, 11) is 0. The van der Waals surface area contributed by atoms with Gasteiger partial charge in [0.15, 0.2) is 0 Å². The predicted octanol–water partition coefficient (Wildman–Crippen LogP) is 4.68. The molecule has 1 aromatic carbocycles. The molecule has 0 aliphatic carbocycles. The number of imide groups is 1. The number of nitrogens with zero attached hydrogens (tertiary/aromatic N) is 1. The maximum atomic E-state index is 12.7. The lowest BCUT2D eigenvalue weighted by Gasteiger charge is -2.32. The van der Waals surface area contributed by atoms with E-state index in [0.717, 1.165) is 5.56 Å². The lowest BCUT2D eigenvalue weighted by molar-refractivity contribution is -0.151. The number of carbonyl (C=O) groups excluding carboxylic acids is 3. The topological polar surface area (TPSA) is 82.1 Å². The van der Waals surface area contributed by atoms with Gasteiger partial charge in [0.05, 0.1) is 0 Å². The van der Waals surface area contributed by atoms with Crippen LogP contribution < -0.4 is 0 Å². The Kier molecular flexibility index (Phi) is 8.02. The predicted molar refractivity (Wildman–Crippen MR) is 105 cm³/mol. The Labute approximate surface area is 166 Å². The highest BCUT2D eigenvalue weighted by Crippen LogP contribution is 2.19. The summed E-state index contributed by atoms with van der Waals surface area (Å²) in [6.07, 6.45) is -1.75. The van der Waals surface area contributed by atoms with Crippen LogP contribution in [0.5, 0.6) is 0 Å². The van der Waals surface area contributed by atoms with Gasteiger partial charge in [-0.15, -0.1) is 0 Å². The third-order valence-corrected chi connectivity index (χ3v) is 3.37. The highest BCUT2D eigenvalue weighted by atomic mass is 16.6.